The molecule has 2 rings (SSSR count). The Morgan fingerprint density at radius 3 is 2.62 bits per heavy atom. The molecule has 5 nitrogen and oxygen atoms in total. The van der Waals surface area contributed by atoms with Crippen LogP contribution >= 0.6 is 0 Å². The number of hydrogen-bond donors (Lipinski definition) is 1. The quantitative estimate of drug-likeness (QED) is 0.688. The number of carbonyl (C=O) groups is 1. The average Bonchev–Trinajstić information content (AvgIpc) is 2.43. The number of nitro benzene ring substituents is 1. The van der Waals surface area contributed by atoms with Crippen LogP contribution < -0.4 is 5.32 Å². The van der Waals surface area contributed by atoms with E-state index in [2.05, 4.69) is 5.32 Å². The molecule has 1 aliphatic rings. The molecule has 1 saturated carbocycles. The summed E-state index contributed by atoms with van der Waals surface area (Å²) in [5.41, 5.74) is -1.66. The molecule has 1 N–H and O–H groups in total. The molecule has 1 aromatic carbocycles. The number of nitrogens with one attached hydrogen (secondary N) is 1. The first-order valence-corrected chi connectivity index (χ1v) is 6.84. The van der Waals surface area contributed by atoms with Crippen molar-refractivity contribution in [3.05, 3.63) is 39.4 Å². The lowest BCUT2D eigenvalue weighted by atomic mass is 9.86. The van der Waals surface area contributed by atoms with Crippen LogP contribution in [0.5, 0.6) is 0 Å². The number of nitro groups is 1. The minimum atomic E-state index is -1.30. The molecule has 7 heteroatoms. The van der Waals surface area contributed by atoms with Crippen molar-refractivity contribution in [2.45, 2.75) is 38.6 Å². The lowest BCUT2D eigenvalue weighted by Gasteiger charge is -2.29. The molecule has 1 aliphatic carbocycles. The van der Waals surface area contributed by atoms with E-state index in [1.165, 1.54) is 0 Å². The highest BCUT2D eigenvalue weighted by molar-refractivity contribution is 5.95. The van der Waals surface area contributed by atoms with Gasteiger partial charge in [-0.1, -0.05) is 19.8 Å². The first-order chi connectivity index (χ1) is 9.90. The van der Waals surface area contributed by atoms with Crippen molar-refractivity contribution in [2.24, 2.45) is 5.92 Å². The monoisotopic (exact) mass is 298 g/mol. The van der Waals surface area contributed by atoms with Gasteiger partial charge < -0.3 is 5.32 Å². The summed E-state index contributed by atoms with van der Waals surface area (Å²) in [5, 5.41) is 13.3. The van der Waals surface area contributed by atoms with Crippen LogP contribution in [0.15, 0.2) is 12.1 Å². The lowest BCUT2D eigenvalue weighted by Crippen LogP contribution is -2.41. The maximum Gasteiger partial charge on any atom is 0.308 e. The number of rotatable bonds is 3. The minimum Gasteiger partial charge on any atom is -0.349 e. The smallest absolute Gasteiger partial charge is 0.308 e. The van der Waals surface area contributed by atoms with Gasteiger partial charge in [0.2, 0.25) is 5.82 Å². The zero-order valence-corrected chi connectivity index (χ0v) is 11.6. The van der Waals surface area contributed by atoms with E-state index in [0.717, 1.165) is 25.7 Å². The van der Waals surface area contributed by atoms with Crippen LogP contribution in [-0.2, 0) is 0 Å². The molecule has 1 fully saturated rings. The standard InChI is InChI=1S/C14H16F2N2O3/c1-8-4-2-3-5-11(8)17-14(19)10-6-9(15)7-12(13(10)16)18(20)21/h6-8,11H,2-5H2,1H3,(H,17,19). The Morgan fingerprint density at radius 1 is 1.33 bits per heavy atom. The van der Waals surface area contributed by atoms with Crippen LogP contribution in [0.3, 0.4) is 0 Å². The maximum atomic E-state index is 13.9. The Hall–Kier alpha value is -2.05. The summed E-state index contributed by atoms with van der Waals surface area (Å²) in [5.74, 6) is -2.88. The summed E-state index contributed by atoms with van der Waals surface area (Å²) in [7, 11) is 0. The molecule has 0 radical (unpaired) electrons. The van der Waals surface area contributed by atoms with Gasteiger partial charge in [-0.25, -0.2) is 4.39 Å². The molecule has 1 aromatic rings. The Bertz CT molecular complexity index is 578. The van der Waals surface area contributed by atoms with Gasteiger partial charge in [-0.2, -0.15) is 4.39 Å². The molecule has 2 unspecified atom stereocenters. The number of nitrogens with zero attached hydrogens (tertiary/aromatic N) is 1. The summed E-state index contributed by atoms with van der Waals surface area (Å²) in [6, 6.07) is 1.04. The van der Waals surface area contributed by atoms with Gasteiger partial charge in [0, 0.05) is 6.04 Å². The summed E-state index contributed by atoms with van der Waals surface area (Å²) in [6.07, 6.45) is 3.76. The molecule has 0 aliphatic heterocycles. The van der Waals surface area contributed by atoms with E-state index < -0.39 is 33.7 Å². The van der Waals surface area contributed by atoms with E-state index in [9.17, 15) is 23.7 Å². The fraction of sp³-hybridized carbons (Fsp3) is 0.500. The van der Waals surface area contributed by atoms with E-state index in [0.29, 0.717) is 12.1 Å². The van der Waals surface area contributed by atoms with Crippen molar-refractivity contribution in [1.29, 1.82) is 0 Å². The van der Waals surface area contributed by atoms with Crippen LogP contribution in [0, 0.1) is 27.7 Å². The highest BCUT2D eigenvalue weighted by atomic mass is 19.1. The van der Waals surface area contributed by atoms with Crippen molar-refractivity contribution < 1.29 is 18.5 Å². The predicted molar refractivity (Wildman–Crippen MR) is 71.9 cm³/mol. The molecule has 2 atom stereocenters. The zero-order chi connectivity index (χ0) is 15.6. The Morgan fingerprint density at radius 2 is 2.00 bits per heavy atom. The Kier molecular flexibility index (Phi) is 4.50. The topological polar surface area (TPSA) is 72.2 Å². The van der Waals surface area contributed by atoms with Gasteiger partial charge in [0.05, 0.1) is 16.6 Å². The maximum absolute atomic E-state index is 13.9. The fourth-order valence-electron chi connectivity index (χ4n) is 2.65. The number of amides is 1. The first kappa shape index (κ1) is 15.3. The highest BCUT2D eigenvalue weighted by Crippen LogP contribution is 2.26. The third kappa shape index (κ3) is 3.34. The zero-order valence-electron chi connectivity index (χ0n) is 11.6. The van der Waals surface area contributed by atoms with Crippen molar-refractivity contribution in [1.82, 2.24) is 5.32 Å². The third-order valence-electron chi connectivity index (χ3n) is 3.89. The van der Waals surface area contributed by atoms with E-state index in [1.54, 1.807) is 0 Å². The molecule has 0 aromatic heterocycles. The molecule has 0 bridgehead atoms. The third-order valence-corrected chi connectivity index (χ3v) is 3.89. The SMILES string of the molecule is CC1CCCCC1NC(=O)c1cc(F)cc([N+](=O)[O-])c1F. The number of carbonyl (C=O) groups excluding carboxylic acids is 1. The number of hydrogen-bond acceptors (Lipinski definition) is 3. The summed E-state index contributed by atoms with van der Waals surface area (Å²) >= 11 is 0. The molecular formula is C14H16F2N2O3. The molecule has 114 valence electrons. The van der Waals surface area contributed by atoms with Crippen molar-refractivity contribution in [2.75, 3.05) is 0 Å². The lowest BCUT2D eigenvalue weighted by molar-refractivity contribution is -0.387. The summed E-state index contributed by atoms with van der Waals surface area (Å²) < 4.78 is 27.3. The van der Waals surface area contributed by atoms with Crippen molar-refractivity contribution in [3.63, 3.8) is 0 Å². The van der Waals surface area contributed by atoms with Crippen molar-refractivity contribution >= 4 is 11.6 Å². The van der Waals surface area contributed by atoms with Gasteiger partial charge >= 0.3 is 5.69 Å². The number of halogens is 2. The van der Waals surface area contributed by atoms with Gasteiger partial charge in [-0.15, -0.1) is 0 Å². The molecule has 1 amide bonds. The number of benzene rings is 1. The van der Waals surface area contributed by atoms with E-state index in [-0.39, 0.29) is 12.0 Å². The molecule has 0 saturated heterocycles. The Balaban J connectivity index is 2.24. The average molecular weight is 298 g/mol. The largest absolute Gasteiger partial charge is 0.349 e. The van der Waals surface area contributed by atoms with Gasteiger partial charge in [0.25, 0.3) is 5.91 Å². The van der Waals surface area contributed by atoms with Gasteiger partial charge in [-0.3, -0.25) is 14.9 Å². The van der Waals surface area contributed by atoms with Crippen LogP contribution in [0.25, 0.3) is 0 Å². The van der Waals surface area contributed by atoms with E-state index in [1.807, 2.05) is 6.92 Å². The van der Waals surface area contributed by atoms with E-state index in [4.69, 9.17) is 0 Å². The van der Waals surface area contributed by atoms with Crippen LogP contribution in [0.4, 0.5) is 14.5 Å². The normalized spacial score (nSPS) is 21.9. The van der Waals surface area contributed by atoms with Gasteiger partial charge in [0.1, 0.15) is 5.82 Å². The van der Waals surface area contributed by atoms with Crippen LogP contribution in [0.2, 0.25) is 0 Å². The second kappa shape index (κ2) is 6.15. The van der Waals surface area contributed by atoms with Gasteiger partial charge in [0.15, 0.2) is 0 Å². The second-order valence-corrected chi connectivity index (χ2v) is 5.39. The summed E-state index contributed by atoms with van der Waals surface area (Å²) in [6.45, 7) is 1.98. The highest BCUT2D eigenvalue weighted by Gasteiger charge is 2.28. The molecular weight excluding hydrogens is 282 g/mol. The molecule has 0 spiro atoms. The summed E-state index contributed by atoms with van der Waals surface area (Å²) in [4.78, 5) is 21.7. The first-order valence-electron chi connectivity index (χ1n) is 6.84. The molecule has 0 heterocycles. The van der Waals surface area contributed by atoms with Crippen molar-refractivity contribution in [3.8, 4) is 0 Å². The fourth-order valence-corrected chi connectivity index (χ4v) is 2.65. The second-order valence-electron chi connectivity index (χ2n) is 5.39. The van der Waals surface area contributed by atoms with Crippen LogP contribution in [0.1, 0.15) is 43.0 Å². The van der Waals surface area contributed by atoms with Gasteiger partial charge in [-0.05, 0) is 24.8 Å². The minimum absolute atomic E-state index is 0.118. The Labute approximate surface area is 120 Å². The van der Waals surface area contributed by atoms with E-state index >= 15 is 0 Å². The van der Waals surface area contributed by atoms with Crippen LogP contribution in [-0.4, -0.2) is 16.9 Å². The predicted octanol–water partition coefficient (Wildman–Crippen LogP) is 3.18. The molecule has 21 heavy (non-hydrogen) atoms.